The average molecular weight is 509 g/mol. The number of halogens is 1. The van der Waals surface area contributed by atoms with Crippen molar-refractivity contribution >= 4 is 44.5 Å². The van der Waals surface area contributed by atoms with E-state index >= 15 is 0 Å². The highest BCUT2D eigenvalue weighted by Gasteiger charge is 2.34. The third kappa shape index (κ3) is 4.57. The first kappa shape index (κ1) is 22.5. The van der Waals surface area contributed by atoms with Crippen LogP contribution in [0, 0.1) is 0 Å². The van der Waals surface area contributed by atoms with Crippen molar-refractivity contribution in [2.75, 3.05) is 0 Å². The average Bonchev–Trinajstić information content (AvgIpc) is 3.29. The number of hydrogen-bond acceptors (Lipinski definition) is 7. The van der Waals surface area contributed by atoms with Gasteiger partial charge in [0.2, 0.25) is 15.9 Å². The van der Waals surface area contributed by atoms with Crippen LogP contribution < -0.4 is 14.8 Å². The van der Waals surface area contributed by atoms with Crippen molar-refractivity contribution in [3.63, 3.8) is 0 Å². The van der Waals surface area contributed by atoms with Crippen molar-refractivity contribution < 1.29 is 27.9 Å². The Bertz CT molecular complexity index is 1280. The zero-order valence-corrected chi connectivity index (χ0v) is 19.8. The van der Waals surface area contributed by atoms with E-state index in [4.69, 9.17) is 16.3 Å². The first-order chi connectivity index (χ1) is 15.7. The minimum atomic E-state index is -3.87. The number of imide groups is 1. The maximum absolute atomic E-state index is 12.6. The lowest BCUT2D eigenvalue weighted by atomic mass is 9.98. The fourth-order valence-electron chi connectivity index (χ4n) is 4.19. The Kier molecular flexibility index (Phi) is 5.80. The molecule has 0 radical (unpaired) electrons. The van der Waals surface area contributed by atoms with Gasteiger partial charge in [0.15, 0.2) is 0 Å². The number of amides is 2. The minimum absolute atomic E-state index is 0.0976. The topological polar surface area (TPSA) is 122 Å². The van der Waals surface area contributed by atoms with Gasteiger partial charge in [-0.25, -0.2) is 13.1 Å². The van der Waals surface area contributed by atoms with Gasteiger partial charge in [-0.3, -0.25) is 14.9 Å². The van der Waals surface area contributed by atoms with E-state index < -0.39 is 15.3 Å². The van der Waals surface area contributed by atoms with E-state index in [2.05, 4.69) is 10.0 Å². The van der Waals surface area contributed by atoms with Gasteiger partial charge in [0.25, 0.3) is 5.24 Å². The molecule has 0 bridgehead atoms. The summed E-state index contributed by atoms with van der Waals surface area (Å²) in [5, 5.41) is 11.9. The summed E-state index contributed by atoms with van der Waals surface area (Å²) >= 11 is 7.55. The Morgan fingerprint density at radius 2 is 1.94 bits per heavy atom. The Morgan fingerprint density at radius 1 is 1.18 bits per heavy atom. The number of nitrogens with one attached hydrogen (secondary N) is 2. The van der Waals surface area contributed by atoms with Crippen molar-refractivity contribution in [3.05, 3.63) is 46.0 Å². The number of thioether (sulfide) groups is 1. The highest BCUT2D eigenvalue weighted by molar-refractivity contribution is 8.15. The molecule has 2 aliphatic carbocycles. The van der Waals surface area contributed by atoms with E-state index in [1.165, 1.54) is 18.2 Å². The quantitative estimate of drug-likeness (QED) is 0.521. The van der Waals surface area contributed by atoms with Crippen LogP contribution in [0.4, 0.5) is 4.79 Å². The number of phenols is 1. The van der Waals surface area contributed by atoms with E-state index in [0.717, 1.165) is 60.6 Å². The molecule has 0 aromatic heterocycles. The van der Waals surface area contributed by atoms with E-state index in [9.17, 15) is 23.1 Å². The molecular weight excluding hydrogens is 488 g/mol. The van der Waals surface area contributed by atoms with Crippen LogP contribution in [0.5, 0.6) is 17.2 Å². The maximum atomic E-state index is 12.6. The molecule has 33 heavy (non-hydrogen) atoms. The first-order valence-electron chi connectivity index (χ1n) is 10.6. The molecule has 1 saturated heterocycles. The number of ether oxygens (including phenoxy) is 1. The summed E-state index contributed by atoms with van der Waals surface area (Å²) in [5.74, 6) is 0.0238. The summed E-state index contributed by atoms with van der Waals surface area (Å²) in [6, 6.07) is 5.72. The fraction of sp³-hybridized carbons (Fsp3) is 0.364. The molecule has 1 heterocycles. The van der Waals surface area contributed by atoms with E-state index in [1.54, 1.807) is 6.07 Å². The summed E-state index contributed by atoms with van der Waals surface area (Å²) in [5.41, 5.74) is 2.87. The predicted molar refractivity (Wildman–Crippen MR) is 124 cm³/mol. The zero-order chi connectivity index (χ0) is 23.3. The van der Waals surface area contributed by atoms with E-state index in [0.29, 0.717) is 17.2 Å². The number of carbonyl (C=O) groups is 2. The number of sulfonamides is 1. The summed E-state index contributed by atoms with van der Waals surface area (Å²) in [4.78, 5) is 23.3. The Morgan fingerprint density at radius 3 is 2.64 bits per heavy atom. The van der Waals surface area contributed by atoms with Gasteiger partial charge in [-0.2, -0.15) is 0 Å². The number of benzene rings is 2. The third-order valence-corrected chi connectivity index (χ3v) is 8.72. The second kappa shape index (κ2) is 8.50. The van der Waals surface area contributed by atoms with Crippen LogP contribution in [0.2, 0.25) is 5.02 Å². The lowest BCUT2D eigenvalue weighted by Crippen LogP contribution is -2.25. The van der Waals surface area contributed by atoms with Gasteiger partial charge in [0.1, 0.15) is 22.1 Å². The number of phenolic OH excluding ortho intramolecular Hbond substituents is 1. The van der Waals surface area contributed by atoms with Gasteiger partial charge in [0.05, 0.1) is 10.3 Å². The molecule has 1 atom stereocenters. The van der Waals surface area contributed by atoms with Gasteiger partial charge >= 0.3 is 0 Å². The van der Waals surface area contributed by atoms with E-state index in [1.807, 2.05) is 0 Å². The Labute approximate surface area is 200 Å². The summed E-state index contributed by atoms with van der Waals surface area (Å²) in [7, 11) is -3.87. The largest absolute Gasteiger partial charge is 0.507 e. The summed E-state index contributed by atoms with van der Waals surface area (Å²) in [6.45, 7) is 0. The van der Waals surface area contributed by atoms with Crippen LogP contribution in [0.25, 0.3) is 0 Å². The van der Waals surface area contributed by atoms with Gasteiger partial charge < -0.3 is 9.84 Å². The number of fused-ring (bicyclic) bond motifs is 1. The lowest BCUT2D eigenvalue weighted by Gasteiger charge is -2.18. The van der Waals surface area contributed by atoms with Gasteiger partial charge in [-0.05, 0) is 73.4 Å². The maximum Gasteiger partial charge on any atom is 0.286 e. The molecule has 2 aromatic carbocycles. The standard InChI is InChI=1S/C22H21ClN2O6S2/c23-16-8-11(9-18-21(27)24-22(28)32-18)14-2-1-3-15(14)20(16)31-13-6-7-17(26)19(10-13)33(29,30)25-12-4-5-12/h6-8,10,12,18,25-26H,1-5,9H2,(H,24,27,28). The summed E-state index contributed by atoms with van der Waals surface area (Å²) in [6.07, 6.45) is 4.36. The predicted octanol–water partition coefficient (Wildman–Crippen LogP) is 3.66. The first-order valence-corrected chi connectivity index (χ1v) is 13.3. The number of aromatic hydroxyl groups is 1. The monoisotopic (exact) mass is 508 g/mol. The molecule has 8 nitrogen and oxygen atoms in total. The van der Waals surface area contributed by atoms with Crippen molar-refractivity contribution in [2.45, 2.75) is 54.7 Å². The van der Waals surface area contributed by atoms with Crippen molar-refractivity contribution in [1.29, 1.82) is 0 Å². The molecular formula is C22H21ClN2O6S2. The van der Waals surface area contributed by atoms with Crippen LogP contribution in [-0.2, 0) is 34.1 Å². The van der Waals surface area contributed by atoms with Gasteiger partial charge in [0, 0.05) is 12.1 Å². The number of hydrogen-bond donors (Lipinski definition) is 3. The molecule has 2 amide bonds. The van der Waals surface area contributed by atoms with Gasteiger partial charge in [-0.1, -0.05) is 23.4 Å². The molecule has 1 aliphatic heterocycles. The zero-order valence-electron chi connectivity index (χ0n) is 17.4. The SMILES string of the molecule is O=C1NC(=O)C(Cc2cc(Cl)c(Oc3ccc(O)c(S(=O)(=O)NC4CC4)c3)c3c2CCC3)S1. The second-order valence-electron chi connectivity index (χ2n) is 8.37. The molecule has 11 heteroatoms. The van der Waals surface area contributed by atoms with E-state index in [-0.39, 0.29) is 33.6 Å². The Hall–Kier alpha value is -2.27. The second-order valence-corrected chi connectivity index (χ2v) is 11.6. The smallest absolute Gasteiger partial charge is 0.286 e. The molecule has 3 aliphatic rings. The van der Waals surface area contributed by atoms with Crippen molar-refractivity contribution in [2.24, 2.45) is 0 Å². The molecule has 1 saturated carbocycles. The highest BCUT2D eigenvalue weighted by atomic mass is 35.5. The van der Waals surface area contributed by atoms with Crippen LogP contribution >= 0.6 is 23.4 Å². The molecule has 174 valence electrons. The molecule has 1 unspecified atom stereocenters. The number of rotatable bonds is 7. The summed E-state index contributed by atoms with van der Waals surface area (Å²) < 4.78 is 33.8. The molecule has 5 rings (SSSR count). The molecule has 3 N–H and O–H groups in total. The van der Waals surface area contributed by atoms with Gasteiger partial charge in [-0.15, -0.1) is 0 Å². The minimum Gasteiger partial charge on any atom is -0.507 e. The van der Waals surface area contributed by atoms with Crippen LogP contribution in [0.1, 0.15) is 36.0 Å². The van der Waals surface area contributed by atoms with Crippen LogP contribution in [0.3, 0.4) is 0 Å². The molecule has 0 spiro atoms. The van der Waals surface area contributed by atoms with Crippen molar-refractivity contribution in [3.8, 4) is 17.2 Å². The fourth-order valence-corrected chi connectivity index (χ4v) is 6.74. The molecule has 2 fully saturated rings. The highest BCUT2D eigenvalue weighted by Crippen LogP contribution is 2.43. The number of carbonyl (C=O) groups excluding carboxylic acids is 2. The molecule has 2 aromatic rings. The van der Waals surface area contributed by atoms with Crippen LogP contribution in [0.15, 0.2) is 29.2 Å². The third-order valence-electron chi connectivity index (χ3n) is 5.91. The van der Waals surface area contributed by atoms with Crippen LogP contribution in [-0.4, -0.2) is 36.0 Å². The Balaban J connectivity index is 1.45. The lowest BCUT2D eigenvalue weighted by molar-refractivity contribution is -0.118. The van der Waals surface area contributed by atoms with Crippen molar-refractivity contribution in [1.82, 2.24) is 10.0 Å². The normalized spacial score (nSPS) is 20.1.